The molecule has 0 radical (unpaired) electrons. The van der Waals surface area contributed by atoms with Gasteiger partial charge >= 0.3 is 0 Å². The molecular weight excluding hydrogens is 408 g/mol. The number of carbonyl (C=O) groups excluding carboxylic acids is 2. The predicted molar refractivity (Wildman–Crippen MR) is 115 cm³/mol. The molecule has 0 saturated carbocycles. The van der Waals surface area contributed by atoms with E-state index < -0.39 is 23.1 Å². The Morgan fingerprint density at radius 1 is 1.27 bits per heavy atom. The van der Waals surface area contributed by atoms with E-state index in [0.717, 1.165) is 10.6 Å². The van der Waals surface area contributed by atoms with E-state index in [2.05, 4.69) is 5.32 Å². The van der Waals surface area contributed by atoms with Crippen LogP contribution in [-0.2, 0) is 20.9 Å². The Morgan fingerprint density at radius 2 is 2.00 bits per heavy atom. The van der Waals surface area contributed by atoms with Crippen LogP contribution in [-0.4, -0.2) is 55.0 Å². The van der Waals surface area contributed by atoms with Crippen LogP contribution in [0.15, 0.2) is 36.4 Å². The van der Waals surface area contributed by atoms with Gasteiger partial charge < -0.3 is 19.5 Å². The summed E-state index contributed by atoms with van der Waals surface area (Å²) < 4.78 is 17.3. The second-order valence-electron chi connectivity index (χ2n) is 6.46. The van der Waals surface area contributed by atoms with E-state index in [-0.39, 0.29) is 11.5 Å². The molecule has 30 heavy (non-hydrogen) atoms. The van der Waals surface area contributed by atoms with E-state index in [0.29, 0.717) is 28.8 Å². The largest absolute Gasteiger partial charge is 0.616 e. The second kappa shape index (κ2) is 10.9. The highest BCUT2D eigenvalue weighted by atomic mass is 32.2. The average Bonchev–Trinajstić information content (AvgIpc) is 2.73. The Labute approximate surface area is 179 Å². The fourth-order valence-electron chi connectivity index (χ4n) is 3.16. The van der Waals surface area contributed by atoms with Crippen LogP contribution in [0.4, 0.5) is 5.69 Å². The van der Waals surface area contributed by atoms with Crippen molar-refractivity contribution in [3.63, 3.8) is 0 Å². The van der Waals surface area contributed by atoms with Gasteiger partial charge in [-0.05, 0) is 42.3 Å². The zero-order valence-electron chi connectivity index (χ0n) is 17.6. The maximum atomic E-state index is 13.3. The molecule has 0 spiro atoms. The molecular formula is C21H26N2O6S. The quantitative estimate of drug-likeness (QED) is 0.266. The van der Waals surface area contributed by atoms with Gasteiger partial charge in [0, 0.05) is 18.3 Å². The van der Waals surface area contributed by atoms with E-state index >= 15 is 0 Å². The Balaban J connectivity index is 2.52. The van der Waals surface area contributed by atoms with Gasteiger partial charge in [0.1, 0.15) is 11.8 Å². The molecule has 0 aliphatic heterocycles. The number of anilines is 1. The summed E-state index contributed by atoms with van der Waals surface area (Å²) in [6.07, 6.45) is 1.98. The number of benzene rings is 2. The fraction of sp³-hybridized carbons (Fsp3) is 0.333. The SMILES string of the molecule is CNc1cccc(C(=O)N(C=O)[C@H](C[S+](C)[O-])c2ccc(OC)c(OOC)c2)c1C. The van der Waals surface area contributed by atoms with Crippen LogP contribution in [0, 0.1) is 6.92 Å². The summed E-state index contributed by atoms with van der Waals surface area (Å²) in [5, 5.41) is 3.02. The minimum Gasteiger partial charge on any atom is -0.616 e. The number of nitrogens with one attached hydrogen (secondary N) is 1. The lowest BCUT2D eigenvalue weighted by molar-refractivity contribution is -0.179. The van der Waals surface area contributed by atoms with Gasteiger partial charge in [0.15, 0.2) is 5.75 Å². The summed E-state index contributed by atoms with van der Waals surface area (Å²) in [6, 6.07) is 9.38. The molecule has 1 unspecified atom stereocenters. The second-order valence-corrected chi connectivity index (χ2v) is 7.94. The molecule has 0 saturated heterocycles. The topological polar surface area (TPSA) is 100 Å². The third kappa shape index (κ3) is 5.24. The van der Waals surface area contributed by atoms with Gasteiger partial charge in [0.2, 0.25) is 12.2 Å². The number of imide groups is 1. The maximum Gasteiger partial charge on any atom is 0.261 e. The Bertz CT molecular complexity index is 890. The van der Waals surface area contributed by atoms with E-state index in [1.165, 1.54) is 20.5 Å². The highest BCUT2D eigenvalue weighted by molar-refractivity contribution is 7.90. The van der Waals surface area contributed by atoms with E-state index in [1.54, 1.807) is 44.3 Å². The average molecular weight is 435 g/mol. The first kappa shape index (κ1) is 23.5. The molecule has 1 N–H and O–H groups in total. The van der Waals surface area contributed by atoms with Gasteiger partial charge in [0.05, 0.1) is 20.5 Å². The number of ether oxygens (including phenoxy) is 1. The number of rotatable bonds is 10. The lowest BCUT2D eigenvalue weighted by atomic mass is 10.0. The molecule has 2 amide bonds. The first-order valence-corrected chi connectivity index (χ1v) is 10.8. The van der Waals surface area contributed by atoms with Gasteiger partial charge in [-0.25, -0.2) is 0 Å². The lowest BCUT2D eigenvalue weighted by Crippen LogP contribution is -2.37. The normalized spacial score (nSPS) is 12.6. The Hall–Kier alpha value is -2.75. The van der Waals surface area contributed by atoms with Crippen molar-refractivity contribution in [3.8, 4) is 11.5 Å². The van der Waals surface area contributed by atoms with Crippen LogP contribution < -0.4 is 14.9 Å². The Morgan fingerprint density at radius 3 is 2.57 bits per heavy atom. The molecule has 0 fully saturated rings. The minimum atomic E-state index is -1.29. The monoisotopic (exact) mass is 434 g/mol. The molecule has 0 aromatic heterocycles. The van der Waals surface area contributed by atoms with Crippen LogP contribution in [0.2, 0.25) is 0 Å². The van der Waals surface area contributed by atoms with Crippen molar-refractivity contribution in [2.75, 3.05) is 38.6 Å². The molecule has 0 bridgehead atoms. The highest BCUT2D eigenvalue weighted by Gasteiger charge is 2.31. The molecule has 0 aliphatic carbocycles. The van der Waals surface area contributed by atoms with Crippen molar-refractivity contribution in [2.24, 2.45) is 0 Å². The van der Waals surface area contributed by atoms with Gasteiger partial charge in [-0.3, -0.25) is 14.5 Å². The summed E-state index contributed by atoms with van der Waals surface area (Å²) in [5.74, 6) is 0.267. The number of hydrogen-bond donors (Lipinski definition) is 1. The molecule has 2 rings (SSSR count). The standard InChI is InChI=1S/C21H26N2O6S/c1-14-16(7-6-8-17(14)22-2)21(25)23(13-24)18(12-30(5)26)15-9-10-19(27-3)20(11-15)29-28-4/h6-11,13,18,22H,12H2,1-5H3/t18-,30?/m1/s1. The number of methoxy groups -OCH3 is 1. The summed E-state index contributed by atoms with van der Waals surface area (Å²) in [4.78, 5) is 36.2. The first-order valence-electron chi connectivity index (χ1n) is 9.11. The van der Waals surface area contributed by atoms with Crippen LogP contribution in [0.3, 0.4) is 0 Å². The van der Waals surface area contributed by atoms with E-state index in [9.17, 15) is 14.1 Å². The first-order chi connectivity index (χ1) is 14.4. The van der Waals surface area contributed by atoms with Crippen LogP contribution >= 0.6 is 0 Å². The smallest absolute Gasteiger partial charge is 0.261 e. The van der Waals surface area contributed by atoms with Crippen molar-refractivity contribution in [3.05, 3.63) is 53.1 Å². The van der Waals surface area contributed by atoms with Crippen LogP contribution in [0.5, 0.6) is 11.5 Å². The van der Waals surface area contributed by atoms with Gasteiger partial charge in [-0.1, -0.05) is 23.3 Å². The summed E-state index contributed by atoms with van der Waals surface area (Å²) in [7, 11) is 4.59. The highest BCUT2D eigenvalue weighted by Crippen LogP contribution is 2.33. The van der Waals surface area contributed by atoms with Crippen molar-refractivity contribution in [2.45, 2.75) is 13.0 Å². The number of carbonyl (C=O) groups is 2. The van der Waals surface area contributed by atoms with Crippen molar-refractivity contribution < 1.29 is 28.7 Å². The van der Waals surface area contributed by atoms with E-state index in [1.807, 2.05) is 6.07 Å². The fourth-order valence-corrected chi connectivity index (χ4v) is 3.95. The van der Waals surface area contributed by atoms with Crippen molar-refractivity contribution in [1.82, 2.24) is 4.90 Å². The molecule has 9 heteroatoms. The minimum absolute atomic E-state index is 0.0635. The molecule has 8 nitrogen and oxygen atoms in total. The molecule has 2 aromatic rings. The summed E-state index contributed by atoms with van der Waals surface area (Å²) in [5.41, 5.74) is 2.43. The zero-order chi connectivity index (χ0) is 22.3. The molecule has 0 aliphatic rings. The number of amides is 2. The van der Waals surface area contributed by atoms with Gasteiger partial charge in [-0.15, -0.1) is 0 Å². The number of nitrogens with zero attached hydrogens (tertiary/aromatic N) is 1. The summed E-state index contributed by atoms with van der Waals surface area (Å²) in [6.45, 7) is 1.80. The molecule has 2 aromatic carbocycles. The number of hydrogen-bond acceptors (Lipinski definition) is 7. The van der Waals surface area contributed by atoms with Gasteiger partial charge in [-0.2, -0.15) is 4.89 Å². The van der Waals surface area contributed by atoms with E-state index in [4.69, 9.17) is 14.5 Å². The van der Waals surface area contributed by atoms with Crippen LogP contribution in [0.1, 0.15) is 27.5 Å². The predicted octanol–water partition coefficient (Wildman–Crippen LogP) is 2.70. The maximum absolute atomic E-state index is 13.3. The van der Waals surface area contributed by atoms with Crippen molar-refractivity contribution in [1.29, 1.82) is 0 Å². The molecule has 162 valence electrons. The molecule has 2 atom stereocenters. The van der Waals surface area contributed by atoms with Crippen molar-refractivity contribution >= 4 is 29.2 Å². The third-order valence-corrected chi connectivity index (χ3v) is 5.44. The van der Waals surface area contributed by atoms with Crippen LogP contribution in [0.25, 0.3) is 0 Å². The zero-order valence-corrected chi connectivity index (χ0v) is 18.4. The third-order valence-electron chi connectivity index (χ3n) is 4.66. The van der Waals surface area contributed by atoms with Gasteiger partial charge in [0.25, 0.3) is 5.91 Å². The Kier molecular flexibility index (Phi) is 8.52. The molecule has 0 heterocycles. The lowest BCUT2D eigenvalue weighted by Gasteiger charge is -2.28. The summed E-state index contributed by atoms with van der Waals surface area (Å²) >= 11 is -1.29.